The van der Waals surface area contributed by atoms with Gasteiger partial charge in [-0.1, -0.05) is 0 Å². The van der Waals surface area contributed by atoms with Gasteiger partial charge in [-0.05, 0) is 15.9 Å². The molecule has 0 radical (unpaired) electrons. The highest BCUT2D eigenvalue weighted by molar-refractivity contribution is 9.10. The predicted octanol–water partition coefficient (Wildman–Crippen LogP) is 2.99. The molecule has 0 bridgehead atoms. The zero-order chi connectivity index (χ0) is 10.7. The summed E-state index contributed by atoms with van der Waals surface area (Å²) in [6, 6.07) is 1.61. The maximum Gasteiger partial charge on any atom is 0.280 e. The van der Waals surface area contributed by atoms with Gasteiger partial charge >= 0.3 is 0 Å². The van der Waals surface area contributed by atoms with Crippen molar-refractivity contribution in [2.75, 3.05) is 0 Å². The van der Waals surface area contributed by atoms with Gasteiger partial charge < -0.3 is 0 Å². The van der Waals surface area contributed by atoms with Gasteiger partial charge in [-0.15, -0.1) is 0 Å². The van der Waals surface area contributed by atoms with E-state index >= 15 is 0 Å². The molecule has 74 valence electrons. The van der Waals surface area contributed by atoms with Crippen LogP contribution in [0, 0.1) is 17.1 Å². The van der Waals surface area contributed by atoms with Gasteiger partial charge in [0.2, 0.25) is 0 Å². The minimum absolute atomic E-state index is 0.0212. The number of halogens is 4. The number of rotatable bonds is 2. The second-order valence-corrected chi connectivity index (χ2v) is 3.27. The van der Waals surface area contributed by atoms with Gasteiger partial charge in [-0.2, -0.15) is 5.26 Å². The molecule has 0 saturated heterocycles. The minimum Gasteiger partial charge on any atom is -0.254 e. The number of aromatic nitrogens is 1. The van der Waals surface area contributed by atoms with Gasteiger partial charge in [-0.3, -0.25) is 4.98 Å². The van der Waals surface area contributed by atoms with Crippen LogP contribution in [0.1, 0.15) is 17.7 Å². The molecule has 0 saturated carbocycles. The quantitative estimate of drug-likeness (QED) is 0.824. The third kappa shape index (κ3) is 2.04. The number of nitriles is 1. The first kappa shape index (κ1) is 11.0. The minimum atomic E-state index is -2.87. The Morgan fingerprint density at radius 3 is 2.71 bits per heavy atom. The lowest BCUT2D eigenvalue weighted by Crippen LogP contribution is -2.02. The van der Waals surface area contributed by atoms with Gasteiger partial charge in [-0.25, -0.2) is 13.2 Å². The molecule has 0 N–H and O–H groups in total. The third-order valence-corrected chi connectivity index (χ3v) is 2.12. The summed E-state index contributed by atoms with van der Waals surface area (Å²) in [6.45, 7) is 0. The first-order valence-corrected chi connectivity index (χ1v) is 4.35. The van der Waals surface area contributed by atoms with Gasteiger partial charge in [0.15, 0.2) is 0 Å². The zero-order valence-electron chi connectivity index (χ0n) is 6.77. The fraction of sp³-hybridized carbons (Fsp3) is 0.250. The Morgan fingerprint density at radius 1 is 1.57 bits per heavy atom. The highest BCUT2D eigenvalue weighted by Crippen LogP contribution is 2.27. The van der Waals surface area contributed by atoms with E-state index in [9.17, 15) is 13.2 Å². The summed E-state index contributed by atoms with van der Waals surface area (Å²) in [7, 11) is 0. The van der Waals surface area contributed by atoms with E-state index < -0.39 is 24.4 Å². The van der Waals surface area contributed by atoms with E-state index in [-0.39, 0.29) is 10.0 Å². The molecule has 0 atom stereocenters. The molecule has 1 rings (SSSR count). The van der Waals surface area contributed by atoms with E-state index in [1.165, 1.54) is 0 Å². The number of nitrogens with zero attached hydrogens (tertiary/aromatic N) is 2. The molecule has 1 heterocycles. The first-order valence-electron chi connectivity index (χ1n) is 3.55. The molecule has 0 aromatic carbocycles. The summed E-state index contributed by atoms with van der Waals surface area (Å²) in [5, 5.41) is 8.34. The van der Waals surface area contributed by atoms with E-state index in [0.717, 1.165) is 6.20 Å². The van der Waals surface area contributed by atoms with Crippen LogP contribution in [0.15, 0.2) is 10.7 Å². The average Bonchev–Trinajstić information content (AvgIpc) is 2.13. The lowest BCUT2D eigenvalue weighted by molar-refractivity contribution is 0.144. The Morgan fingerprint density at radius 2 is 2.21 bits per heavy atom. The van der Waals surface area contributed by atoms with Crippen molar-refractivity contribution in [3.8, 4) is 6.07 Å². The lowest BCUT2D eigenvalue weighted by Gasteiger charge is -2.06. The Hall–Kier alpha value is -1.09. The molecule has 1 aromatic rings. The van der Waals surface area contributed by atoms with E-state index in [0.29, 0.717) is 0 Å². The molecule has 0 aliphatic carbocycles. The van der Waals surface area contributed by atoms with Crippen molar-refractivity contribution in [3.05, 3.63) is 27.7 Å². The maximum atomic E-state index is 13.2. The maximum absolute atomic E-state index is 13.2. The third-order valence-electron chi connectivity index (χ3n) is 1.56. The zero-order valence-corrected chi connectivity index (χ0v) is 8.35. The summed E-state index contributed by atoms with van der Waals surface area (Å²) in [4.78, 5) is 3.37. The Bertz CT molecular complexity index is 387. The van der Waals surface area contributed by atoms with E-state index in [2.05, 4.69) is 20.9 Å². The summed E-state index contributed by atoms with van der Waals surface area (Å²) >= 11 is 2.81. The van der Waals surface area contributed by atoms with Crippen molar-refractivity contribution in [3.63, 3.8) is 0 Å². The number of hydrogen-bond donors (Lipinski definition) is 0. The largest absolute Gasteiger partial charge is 0.280 e. The second-order valence-electron chi connectivity index (χ2n) is 2.42. The monoisotopic (exact) mass is 264 g/mol. The van der Waals surface area contributed by atoms with Crippen LogP contribution in [0.4, 0.5) is 13.2 Å². The van der Waals surface area contributed by atoms with Gasteiger partial charge in [0.25, 0.3) is 6.43 Å². The van der Waals surface area contributed by atoms with E-state index in [1.54, 1.807) is 6.07 Å². The van der Waals surface area contributed by atoms with Crippen LogP contribution in [0.5, 0.6) is 0 Å². The number of hydrogen-bond acceptors (Lipinski definition) is 2. The van der Waals surface area contributed by atoms with Crippen molar-refractivity contribution in [1.82, 2.24) is 4.98 Å². The van der Waals surface area contributed by atoms with Crippen LogP contribution in [-0.2, 0) is 6.42 Å². The highest BCUT2D eigenvalue weighted by atomic mass is 79.9. The molecule has 0 amide bonds. The molecule has 0 aliphatic heterocycles. The van der Waals surface area contributed by atoms with Crippen LogP contribution >= 0.6 is 15.9 Å². The Kier molecular flexibility index (Phi) is 3.47. The van der Waals surface area contributed by atoms with Crippen molar-refractivity contribution in [2.24, 2.45) is 0 Å². The molecular formula is C8H4BrF3N2. The fourth-order valence-electron chi connectivity index (χ4n) is 0.953. The van der Waals surface area contributed by atoms with Crippen LogP contribution in [0.2, 0.25) is 0 Å². The number of alkyl halides is 2. The Balaban J connectivity index is 3.31. The molecule has 2 nitrogen and oxygen atoms in total. The van der Waals surface area contributed by atoms with Crippen molar-refractivity contribution >= 4 is 15.9 Å². The molecule has 14 heavy (non-hydrogen) atoms. The molecule has 0 spiro atoms. The van der Waals surface area contributed by atoms with Crippen molar-refractivity contribution in [2.45, 2.75) is 12.8 Å². The first-order chi connectivity index (χ1) is 6.57. The topological polar surface area (TPSA) is 36.7 Å². The average molecular weight is 265 g/mol. The SMILES string of the molecule is N#CCc1c(C(F)F)ncc(Br)c1F. The molecule has 0 unspecified atom stereocenters. The summed E-state index contributed by atoms with van der Waals surface area (Å²) < 4.78 is 37.8. The smallest absolute Gasteiger partial charge is 0.254 e. The standard InChI is InChI=1S/C8H4BrF3N2/c9-5-3-14-7(8(11)12)4(1-2-13)6(5)10/h3,8H,1H2. The lowest BCUT2D eigenvalue weighted by atomic mass is 10.1. The number of pyridine rings is 1. The Labute approximate surface area is 86.5 Å². The van der Waals surface area contributed by atoms with E-state index in [1.807, 2.05) is 0 Å². The van der Waals surface area contributed by atoms with Crippen LogP contribution in [0.25, 0.3) is 0 Å². The van der Waals surface area contributed by atoms with Crippen LogP contribution in [0.3, 0.4) is 0 Å². The van der Waals surface area contributed by atoms with Crippen LogP contribution < -0.4 is 0 Å². The van der Waals surface area contributed by atoms with Gasteiger partial charge in [0.1, 0.15) is 11.5 Å². The fourth-order valence-corrected chi connectivity index (χ4v) is 1.29. The molecule has 0 fully saturated rings. The highest BCUT2D eigenvalue weighted by Gasteiger charge is 2.19. The molecular weight excluding hydrogens is 261 g/mol. The normalized spacial score (nSPS) is 10.3. The molecule has 6 heteroatoms. The van der Waals surface area contributed by atoms with Gasteiger partial charge in [0.05, 0.1) is 17.0 Å². The second kappa shape index (κ2) is 4.42. The van der Waals surface area contributed by atoms with Crippen molar-refractivity contribution in [1.29, 1.82) is 5.26 Å². The van der Waals surface area contributed by atoms with Gasteiger partial charge in [0, 0.05) is 11.8 Å². The van der Waals surface area contributed by atoms with E-state index in [4.69, 9.17) is 5.26 Å². The predicted molar refractivity (Wildman–Crippen MR) is 46.2 cm³/mol. The summed E-state index contributed by atoms with van der Waals surface area (Å²) in [6.07, 6.45) is -2.34. The van der Waals surface area contributed by atoms with Crippen LogP contribution in [-0.4, -0.2) is 4.98 Å². The van der Waals surface area contributed by atoms with Crippen molar-refractivity contribution < 1.29 is 13.2 Å². The summed E-state index contributed by atoms with van der Waals surface area (Å²) in [5.74, 6) is -0.850. The molecule has 0 aliphatic rings. The summed E-state index contributed by atoms with van der Waals surface area (Å²) in [5.41, 5.74) is -1.02. The molecule has 1 aromatic heterocycles.